The predicted octanol–water partition coefficient (Wildman–Crippen LogP) is 6.05. The van der Waals surface area contributed by atoms with Gasteiger partial charge in [0, 0.05) is 19.6 Å². The minimum absolute atomic E-state index is 0.0529. The number of piperidine rings is 2. The topological polar surface area (TPSA) is 53.0 Å². The molecular weight excluding hydrogens is 531 g/mol. The first-order chi connectivity index (χ1) is 19.0. The number of nitrogens with zero attached hydrogens (tertiary/aromatic N) is 2. The molecule has 0 spiro atoms. The summed E-state index contributed by atoms with van der Waals surface area (Å²) in [6.45, 7) is 2.08. The van der Waals surface area contributed by atoms with E-state index in [1.807, 2.05) is 4.90 Å². The number of aliphatic hydroxyl groups is 1. The van der Waals surface area contributed by atoms with Gasteiger partial charge in [0.15, 0.2) is 11.6 Å². The Hall–Kier alpha value is -2.72. The number of β-amino-alcohol motifs (C(OH)–C–C–N with tert-alkyl or cyclic N) is 1. The van der Waals surface area contributed by atoms with Gasteiger partial charge in [0.05, 0.1) is 23.7 Å². The van der Waals surface area contributed by atoms with Gasteiger partial charge < -0.3 is 19.6 Å². The van der Waals surface area contributed by atoms with E-state index in [1.165, 1.54) is 29.2 Å². The van der Waals surface area contributed by atoms with Gasteiger partial charge in [-0.05, 0) is 92.9 Å². The minimum Gasteiger partial charge on any atom is -0.490 e. The Morgan fingerprint density at radius 2 is 1.62 bits per heavy atom. The van der Waals surface area contributed by atoms with Gasteiger partial charge in [-0.3, -0.25) is 4.79 Å². The maximum atomic E-state index is 14.9. The summed E-state index contributed by atoms with van der Waals surface area (Å²) in [5.41, 5.74) is -0.810. The number of aliphatic hydroxyl groups excluding tert-OH is 1. The summed E-state index contributed by atoms with van der Waals surface area (Å²) in [5.74, 6) is -1.61. The van der Waals surface area contributed by atoms with Gasteiger partial charge >= 0.3 is 6.18 Å². The summed E-state index contributed by atoms with van der Waals surface area (Å²) >= 11 is 0. The lowest BCUT2D eigenvalue weighted by molar-refractivity contribution is -0.256. The number of hydrogen-bond acceptors (Lipinski definition) is 4. The summed E-state index contributed by atoms with van der Waals surface area (Å²) in [7, 11) is 0. The average Bonchev–Trinajstić information content (AvgIpc) is 2.89. The molecule has 1 unspecified atom stereocenters. The Labute approximate surface area is 230 Å². The van der Waals surface area contributed by atoms with Crippen molar-refractivity contribution in [2.45, 2.75) is 57.2 Å². The maximum absolute atomic E-state index is 14.9. The zero-order valence-electron chi connectivity index (χ0n) is 22.4. The fraction of sp³-hybridized carbons (Fsp3) is 0.567. The largest absolute Gasteiger partial charge is 0.490 e. The van der Waals surface area contributed by atoms with Crippen molar-refractivity contribution >= 4 is 5.91 Å². The third kappa shape index (κ3) is 6.12. The highest BCUT2D eigenvalue weighted by Gasteiger charge is 2.58. The number of likely N-dealkylation sites (tertiary alicyclic amines) is 2. The summed E-state index contributed by atoms with van der Waals surface area (Å²) < 4.78 is 75.9. The molecule has 10 heteroatoms. The van der Waals surface area contributed by atoms with Crippen LogP contribution in [-0.4, -0.2) is 72.4 Å². The summed E-state index contributed by atoms with van der Waals surface area (Å²) in [6, 6.07) is 8.49. The highest BCUT2D eigenvalue weighted by molar-refractivity contribution is 5.95. The van der Waals surface area contributed by atoms with Crippen LogP contribution in [0.1, 0.15) is 55.3 Å². The SMILES string of the molecule is O=C(c1ccc(-c2ccc(OCC3CCN(CC4(C(F)(F)F)CCC4)CC3)c(F)c2)cc1F)N1CCCC(O)C1. The quantitative estimate of drug-likeness (QED) is 0.415. The molecule has 2 aromatic rings. The number of carbonyl (C=O) groups is 1. The van der Waals surface area contributed by atoms with Crippen LogP contribution in [0.4, 0.5) is 22.0 Å². The molecule has 3 aliphatic rings. The number of rotatable bonds is 7. The molecule has 218 valence electrons. The molecule has 0 aromatic heterocycles. The number of amides is 1. The van der Waals surface area contributed by atoms with E-state index in [2.05, 4.69) is 0 Å². The first kappa shape index (κ1) is 28.8. The number of halogens is 5. The van der Waals surface area contributed by atoms with E-state index in [0.717, 1.165) is 0 Å². The Morgan fingerprint density at radius 3 is 2.20 bits per heavy atom. The molecule has 3 fully saturated rings. The molecule has 1 atom stereocenters. The van der Waals surface area contributed by atoms with E-state index in [4.69, 9.17) is 4.74 Å². The fourth-order valence-corrected chi connectivity index (χ4v) is 6.06. The van der Waals surface area contributed by atoms with Crippen LogP contribution in [0.5, 0.6) is 5.75 Å². The lowest BCUT2D eigenvalue weighted by atomic mass is 9.67. The van der Waals surface area contributed by atoms with E-state index in [-0.39, 0.29) is 49.8 Å². The predicted molar refractivity (Wildman–Crippen MR) is 140 cm³/mol. The van der Waals surface area contributed by atoms with Crippen LogP contribution in [0.15, 0.2) is 36.4 Å². The van der Waals surface area contributed by atoms with Crippen LogP contribution in [0, 0.1) is 23.0 Å². The summed E-state index contributed by atoms with van der Waals surface area (Å²) in [4.78, 5) is 16.0. The monoisotopic (exact) mass is 566 g/mol. The number of ether oxygens (including phenoxy) is 1. The van der Waals surface area contributed by atoms with E-state index < -0.39 is 35.2 Å². The summed E-state index contributed by atoms with van der Waals surface area (Å²) in [6.07, 6.45) is -1.11. The summed E-state index contributed by atoms with van der Waals surface area (Å²) in [5, 5.41) is 9.81. The normalized spacial score (nSPS) is 22.1. The van der Waals surface area contributed by atoms with Crippen LogP contribution in [0.3, 0.4) is 0 Å². The van der Waals surface area contributed by atoms with Gasteiger partial charge in [-0.15, -0.1) is 0 Å². The van der Waals surface area contributed by atoms with Crippen LogP contribution in [-0.2, 0) is 0 Å². The molecule has 1 amide bonds. The lowest BCUT2D eigenvalue weighted by Gasteiger charge is -2.47. The van der Waals surface area contributed by atoms with E-state index in [9.17, 15) is 31.9 Å². The van der Waals surface area contributed by atoms with Gasteiger partial charge in [0.1, 0.15) is 5.82 Å². The maximum Gasteiger partial charge on any atom is 0.395 e. The van der Waals surface area contributed by atoms with Crippen LogP contribution in [0.25, 0.3) is 11.1 Å². The first-order valence-electron chi connectivity index (χ1n) is 14.0. The molecule has 0 bridgehead atoms. The molecule has 0 radical (unpaired) electrons. The minimum atomic E-state index is -4.17. The number of benzene rings is 2. The molecule has 1 saturated carbocycles. The molecule has 5 rings (SSSR count). The number of alkyl halides is 3. The Balaban J connectivity index is 1.14. The van der Waals surface area contributed by atoms with Gasteiger partial charge in [0.2, 0.25) is 0 Å². The van der Waals surface area contributed by atoms with Crippen molar-refractivity contribution in [2.75, 3.05) is 39.3 Å². The van der Waals surface area contributed by atoms with Crippen molar-refractivity contribution in [3.8, 4) is 16.9 Å². The smallest absolute Gasteiger partial charge is 0.395 e. The lowest BCUT2D eigenvalue weighted by Crippen LogP contribution is -2.53. The third-order valence-electron chi connectivity index (χ3n) is 8.77. The number of hydrogen-bond donors (Lipinski definition) is 1. The second-order valence-electron chi connectivity index (χ2n) is 11.5. The Morgan fingerprint density at radius 1 is 0.950 bits per heavy atom. The molecule has 2 aliphatic heterocycles. The Bertz CT molecular complexity index is 1210. The van der Waals surface area contributed by atoms with Crippen molar-refractivity contribution in [1.82, 2.24) is 9.80 Å². The van der Waals surface area contributed by atoms with Crippen LogP contribution < -0.4 is 4.74 Å². The van der Waals surface area contributed by atoms with Crippen LogP contribution >= 0.6 is 0 Å². The molecule has 40 heavy (non-hydrogen) atoms. The third-order valence-corrected chi connectivity index (χ3v) is 8.77. The Kier molecular flexibility index (Phi) is 8.38. The first-order valence-corrected chi connectivity index (χ1v) is 14.0. The molecule has 1 N–H and O–H groups in total. The van der Waals surface area contributed by atoms with Crippen molar-refractivity contribution in [3.05, 3.63) is 53.6 Å². The average molecular weight is 567 g/mol. The van der Waals surface area contributed by atoms with Crippen molar-refractivity contribution in [3.63, 3.8) is 0 Å². The van der Waals surface area contributed by atoms with E-state index in [0.29, 0.717) is 62.9 Å². The molecule has 1 aliphatic carbocycles. The van der Waals surface area contributed by atoms with Gasteiger partial charge in [-0.2, -0.15) is 13.2 Å². The van der Waals surface area contributed by atoms with Gasteiger partial charge in [-0.1, -0.05) is 18.6 Å². The standard InChI is InChI=1S/C30H35F5N2O3/c31-25-15-21(4-6-24(25)28(39)37-12-1-3-23(38)17-37)22-5-7-27(26(32)16-22)40-18-20-8-13-36(14-9-20)19-29(10-2-11-29)30(33,34)35/h4-7,15-16,20,23,38H,1-3,8-14,17-19H2. The van der Waals surface area contributed by atoms with E-state index >= 15 is 0 Å². The molecule has 5 nitrogen and oxygen atoms in total. The highest BCUT2D eigenvalue weighted by atomic mass is 19.4. The van der Waals surface area contributed by atoms with Gasteiger partial charge in [0.25, 0.3) is 5.91 Å². The van der Waals surface area contributed by atoms with Crippen molar-refractivity contribution in [1.29, 1.82) is 0 Å². The second-order valence-corrected chi connectivity index (χ2v) is 11.5. The second kappa shape index (κ2) is 11.6. The number of carbonyl (C=O) groups excluding carboxylic acids is 1. The van der Waals surface area contributed by atoms with Crippen molar-refractivity contribution < 1.29 is 36.6 Å². The zero-order valence-corrected chi connectivity index (χ0v) is 22.4. The fourth-order valence-electron chi connectivity index (χ4n) is 6.06. The molecular formula is C30H35F5N2O3. The van der Waals surface area contributed by atoms with E-state index in [1.54, 1.807) is 12.1 Å². The highest BCUT2D eigenvalue weighted by Crippen LogP contribution is 2.53. The zero-order chi connectivity index (χ0) is 28.5. The van der Waals surface area contributed by atoms with Crippen molar-refractivity contribution in [2.24, 2.45) is 11.3 Å². The van der Waals surface area contributed by atoms with Gasteiger partial charge in [-0.25, -0.2) is 8.78 Å². The van der Waals surface area contributed by atoms with Crippen LogP contribution in [0.2, 0.25) is 0 Å². The molecule has 2 heterocycles. The molecule has 2 saturated heterocycles. The molecule has 2 aromatic carbocycles.